The van der Waals surface area contributed by atoms with Gasteiger partial charge in [-0.3, -0.25) is 18.6 Å². The lowest BCUT2D eigenvalue weighted by Gasteiger charge is -2.19. The van der Waals surface area contributed by atoms with E-state index in [1.54, 1.807) is 0 Å². The Balaban J connectivity index is 3.86. The quantitative estimate of drug-likeness (QED) is 0.0264. The van der Waals surface area contributed by atoms with E-state index in [9.17, 15) is 19.0 Å². The number of carbonyl (C=O) groups is 2. The minimum Gasteiger partial charge on any atom is -0.462 e. The van der Waals surface area contributed by atoms with Gasteiger partial charge in [0.05, 0.1) is 13.2 Å². The molecule has 77 heavy (non-hydrogen) atoms. The van der Waals surface area contributed by atoms with Crippen LogP contribution in [-0.2, 0) is 32.7 Å². The SMILES string of the molecule is CC/C=C\C/C=C\C/C=C\C/C=C\C/C=C\C/C=C\C/C=C\CCCCCCCCCCCCCCCCCCCCCC(=O)OC(COC(=O)CCCC/C=C\C/C=C\C/C=C\C/C=C\CC)COP(=O)(O)OCCN. The third-order valence-corrected chi connectivity index (χ3v) is 13.5. The minimum atomic E-state index is -4.40. The molecule has 0 rings (SSSR count). The van der Waals surface area contributed by atoms with Gasteiger partial charge in [0.1, 0.15) is 6.61 Å². The number of carbonyl (C=O) groups excluding carboxylic acids is 2. The third kappa shape index (κ3) is 61.2. The van der Waals surface area contributed by atoms with Gasteiger partial charge in [-0.25, -0.2) is 4.57 Å². The van der Waals surface area contributed by atoms with E-state index in [4.69, 9.17) is 24.3 Å². The van der Waals surface area contributed by atoms with Crippen LogP contribution in [0.2, 0.25) is 0 Å². The molecule has 0 amide bonds. The van der Waals surface area contributed by atoms with Gasteiger partial charge >= 0.3 is 19.8 Å². The fraction of sp³-hybridized carbons (Fsp3) is 0.642. The fourth-order valence-electron chi connectivity index (χ4n) is 8.08. The molecular formula is C67H112NO8P. The van der Waals surface area contributed by atoms with Crippen molar-refractivity contribution in [3.63, 3.8) is 0 Å². The van der Waals surface area contributed by atoms with E-state index in [1.165, 1.54) is 103 Å². The summed E-state index contributed by atoms with van der Waals surface area (Å²) in [5.74, 6) is -0.879. The molecule has 0 aliphatic rings. The number of hydrogen-bond acceptors (Lipinski definition) is 8. The maximum atomic E-state index is 12.7. The van der Waals surface area contributed by atoms with Crippen molar-refractivity contribution >= 4 is 19.8 Å². The summed E-state index contributed by atoms with van der Waals surface area (Å²) >= 11 is 0. The monoisotopic (exact) mass is 1090 g/mol. The van der Waals surface area contributed by atoms with Crippen LogP contribution in [-0.4, -0.2) is 49.3 Å². The Labute approximate surface area is 472 Å². The average molecular weight is 1090 g/mol. The Kier molecular flexibility index (Phi) is 58.3. The number of unbranched alkanes of at least 4 members (excludes halogenated alkanes) is 21. The molecule has 0 aliphatic carbocycles. The van der Waals surface area contributed by atoms with E-state index < -0.39 is 32.5 Å². The first-order valence-corrected chi connectivity index (χ1v) is 32.2. The minimum absolute atomic E-state index is 0.0431. The number of nitrogens with two attached hydrogens (primary N) is 1. The lowest BCUT2D eigenvalue weighted by atomic mass is 10.0. The second kappa shape index (κ2) is 61.4. The van der Waals surface area contributed by atoms with Crippen molar-refractivity contribution in [2.45, 2.75) is 251 Å². The number of hydrogen-bond donors (Lipinski definition) is 2. The molecule has 438 valence electrons. The molecular weight excluding hydrogens is 978 g/mol. The van der Waals surface area contributed by atoms with E-state index in [1.807, 2.05) is 0 Å². The smallest absolute Gasteiger partial charge is 0.462 e. The van der Waals surface area contributed by atoms with Crippen LogP contribution in [0.4, 0.5) is 0 Å². The maximum absolute atomic E-state index is 12.7. The molecule has 2 atom stereocenters. The number of ether oxygens (including phenoxy) is 2. The largest absolute Gasteiger partial charge is 0.472 e. The lowest BCUT2D eigenvalue weighted by molar-refractivity contribution is -0.161. The summed E-state index contributed by atoms with van der Waals surface area (Å²) in [6.07, 6.45) is 86.9. The topological polar surface area (TPSA) is 134 Å². The van der Waals surface area contributed by atoms with E-state index in [0.717, 1.165) is 103 Å². The molecule has 0 spiro atoms. The highest BCUT2D eigenvalue weighted by Gasteiger charge is 2.26. The Morgan fingerprint density at radius 1 is 0.390 bits per heavy atom. The molecule has 9 nitrogen and oxygen atoms in total. The Morgan fingerprint density at radius 3 is 1.03 bits per heavy atom. The van der Waals surface area contributed by atoms with Crippen LogP contribution < -0.4 is 5.73 Å². The number of esters is 2. The first-order chi connectivity index (χ1) is 37.8. The number of rotatable bonds is 56. The summed E-state index contributed by atoms with van der Waals surface area (Å²) in [6.45, 7) is 3.46. The zero-order valence-corrected chi connectivity index (χ0v) is 49.8. The summed E-state index contributed by atoms with van der Waals surface area (Å²) in [5.41, 5.74) is 5.37. The summed E-state index contributed by atoms with van der Waals surface area (Å²) < 4.78 is 32.9. The molecule has 0 radical (unpaired) electrons. The van der Waals surface area contributed by atoms with E-state index >= 15 is 0 Å². The van der Waals surface area contributed by atoms with Crippen molar-refractivity contribution in [1.29, 1.82) is 0 Å². The molecule has 2 unspecified atom stereocenters. The van der Waals surface area contributed by atoms with Crippen LogP contribution in [0.1, 0.15) is 245 Å². The van der Waals surface area contributed by atoms with E-state index in [-0.39, 0.29) is 32.6 Å². The highest BCUT2D eigenvalue weighted by Crippen LogP contribution is 2.43. The number of phosphoric ester groups is 1. The number of allylic oxidation sites excluding steroid dienone is 22. The third-order valence-electron chi connectivity index (χ3n) is 12.5. The number of phosphoric acid groups is 1. The van der Waals surface area contributed by atoms with Gasteiger partial charge in [-0.05, 0) is 109 Å². The Morgan fingerprint density at radius 2 is 0.675 bits per heavy atom. The predicted octanol–water partition coefficient (Wildman–Crippen LogP) is 19.7. The van der Waals surface area contributed by atoms with Crippen molar-refractivity contribution in [1.82, 2.24) is 0 Å². The van der Waals surface area contributed by atoms with Gasteiger partial charge in [-0.2, -0.15) is 0 Å². The summed E-state index contributed by atoms with van der Waals surface area (Å²) in [6, 6.07) is 0. The van der Waals surface area contributed by atoms with Gasteiger partial charge in [0, 0.05) is 19.4 Å². The van der Waals surface area contributed by atoms with Crippen LogP contribution in [0.15, 0.2) is 134 Å². The van der Waals surface area contributed by atoms with Crippen LogP contribution >= 0.6 is 7.82 Å². The van der Waals surface area contributed by atoms with Gasteiger partial charge in [0.15, 0.2) is 6.10 Å². The van der Waals surface area contributed by atoms with Gasteiger partial charge in [0.25, 0.3) is 0 Å². The lowest BCUT2D eigenvalue weighted by Crippen LogP contribution is -2.29. The van der Waals surface area contributed by atoms with Crippen LogP contribution in [0.5, 0.6) is 0 Å². The second-order valence-corrected chi connectivity index (χ2v) is 21.3. The first kappa shape index (κ1) is 73.2. The molecule has 0 heterocycles. The molecule has 10 heteroatoms. The zero-order valence-electron chi connectivity index (χ0n) is 48.9. The standard InChI is InChI=1S/C67H112NO8P/c1-3-5-7-9-11-13-15-17-19-20-21-22-23-24-25-26-27-28-29-30-31-32-33-34-35-36-37-38-39-40-41-42-43-44-46-48-50-52-54-56-58-60-67(70)76-65(64-75-77(71,72)74-62-61-68)63-73-66(69)59-57-55-53-51-49-47-45-18-16-14-12-10-8-6-4-2/h5-8,11-14,17-19,21-22,24-25,27-28,30-31,45,49,51,65H,3-4,9-10,15-16,20,23,26,29,32-44,46-48,50,52-64,68H2,1-2H3,(H,71,72)/b7-5-,8-6-,13-11-,14-12-,19-17-,22-21-,25-24-,28-27-,31-30-,45-18-,51-49-. The normalized spacial score (nSPS) is 14.0. The van der Waals surface area contributed by atoms with Crippen LogP contribution in [0, 0.1) is 0 Å². The van der Waals surface area contributed by atoms with Crippen molar-refractivity contribution in [2.75, 3.05) is 26.4 Å². The van der Waals surface area contributed by atoms with Crippen LogP contribution in [0.25, 0.3) is 0 Å². The van der Waals surface area contributed by atoms with Gasteiger partial charge in [-0.1, -0.05) is 257 Å². The molecule has 0 saturated heterocycles. The maximum Gasteiger partial charge on any atom is 0.472 e. The van der Waals surface area contributed by atoms with Crippen molar-refractivity contribution in [3.05, 3.63) is 134 Å². The predicted molar refractivity (Wildman–Crippen MR) is 330 cm³/mol. The molecule has 0 saturated carbocycles. The highest BCUT2D eigenvalue weighted by atomic mass is 31.2. The second-order valence-electron chi connectivity index (χ2n) is 19.8. The zero-order chi connectivity index (χ0) is 55.9. The summed E-state index contributed by atoms with van der Waals surface area (Å²) in [7, 11) is -4.40. The molecule has 0 aromatic heterocycles. The summed E-state index contributed by atoms with van der Waals surface area (Å²) in [5, 5.41) is 0. The molecule has 0 bridgehead atoms. The fourth-order valence-corrected chi connectivity index (χ4v) is 8.84. The molecule has 0 aliphatic heterocycles. The van der Waals surface area contributed by atoms with Gasteiger partial charge < -0.3 is 20.1 Å². The van der Waals surface area contributed by atoms with Gasteiger partial charge in [-0.15, -0.1) is 0 Å². The molecule has 0 aromatic carbocycles. The molecule has 0 fully saturated rings. The van der Waals surface area contributed by atoms with E-state index in [2.05, 4.69) is 148 Å². The van der Waals surface area contributed by atoms with Crippen molar-refractivity contribution in [2.24, 2.45) is 5.73 Å². The van der Waals surface area contributed by atoms with Crippen molar-refractivity contribution in [3.8, 4) is 0 Å². The molecule has 3 N–H and O–H groups in total. The highest BCUT2D eigenvalue weighted by molar-refractivity contribution is 7.47. The molecule has 0 aromatic rings. The summed E-state index contributed by atoms with van der Waals surface area (Å²) in [4.78, 5) is 35.1. The van der Waals surface area contributed by atoms with Crippen molar-refractivity contribution < 1.29 is 37.6 Å². The Hall–Kier alpha value is -3.85. The van der Waals surface area contributed by atoms with Gasteiger partial charge in [0.2, 0.25) is 0 Å². The van der Waals surface area contributed by atoms with Crippen LogP contribution in [0.3, 0.4) is 0 Å². The first-order valence-electron chi connectivity index (χ1n) is 30.7. The van der Waals surface area contributed by atoms with E-state index in [0.29, 0.717) is 12.8 Å². The Bertz CT molecular complexity index is 1720. The average Bonchev–Trinajstić information content (AvgIpc) is 3.42.